The van der Waals surface area contributed by atoms with Crippen molar-refractivity contribution in [2.75, 3.05) is 19.5 Å². The van der Waals surface area contributed by atoms with E-state index in [-0.39, 0.29) is 50.6 Å². The number of halogens is 1. The van der Waals surface area contributed by atoms with Crippen molar-refractivity contribution in [3.05, 3.63) is 65.7 Å². The van der Waals surface area contributed by atoms with Crippen LogP contribution in [0.1, 0.15) is 51.2 Å². The van der Waals surface area contributed by atoms with Gasteiger partial charge in [-0.3, -0.25) is 24.0 Å². The zero-order valence-corrected chi connectivity index (χ0v) is 25.9. The van der Waals surface area contributed by atoms with Crippen LogP contribution in [0.15, 0.2) is 54.6 Å². The Balaban J connectivity index is 2.18. The zero-order valence-electron chi connectivity index (χ0n) is 25.1. The summed E-state index contributed by atoms with van der Waals surface area (Å²) in [5.41, 5.74) is 1.17. The fourth-order valence-corrected chi connectivity index (χ4v) is 4.17. The highest BCUT2D eigenvalue weighted by Gasteiger charge is 2.28. The van der Waals surface area contributed by atoms with Crippen molar-refractivity contribution in [3.8, 4) is 5.75 Å². The molecule has 2 aromatic carbocycles. The van der Waals surface area contributed by atoms with E-state index >= 15 is 0 Å². The van der Waals surface area contributed by atoms with Gasteiger partial charge in [0.2, 0.25) is 29.5 Å². The average Bonchev–Trinajstić information content (AvgIpc) is 2.97. The van der Waals surface area contributed by atoms with Gasteiger partial charge in [-0.15, -0.1) is 11.6 Å². The van der Waals surface area contributed by atoms with Gasteiger partial charge in [-0.25, -0.2) is 0 Å². The number of ether oxygens (including phenoxy) is 1. The molecular weight excluding hydrogens is 574 g/mol. The minimum atomic E-state index is -1.11. The van der Waals surface area contributed by atoms with Crippen molar-refractivity contribution in [1.29, 1.82) is 0 Å². The summed E-state index contributed by atoms with van der Waals surface area (Å²) in [5.74, 6) is -1.83. The number of rotatable bonds is 16. The second-order valence-electron chi connectivity index (χ2n) is 11.0. The Morgan fingerprint density at radius 1 is 0.791 bits per heavy atom. The third-order valence-corrected chi connectivity index (χ3v) is 6.38. The molecule has 0 aliphatic heterocycles. The lowest BCUT2D eigenvalue weighted by Gasteiger charge is -2.24. The van der Waals surface area contributed by atoms with Crippen LogP contribution >= 0.6 is 11.6 Å². The van der Waals surface area contributed by atoms with Crippen LogP contribution in [-0.4, -0.2) is 66.7 Å². The molecule has 0 aromatic heterocycles. The Morgan fingerprint density at radius 2 is 1.49 bits per heavy atom. The van der Waals surface area contributed by atoms with Crippen LogP contribution in [0, 0.1) is 0 Å². The maximum absolute atomic E-state index is 13.5. The van der Waals surface area contributed by atoms with Gasteiger partial charge in [0.1, 0.15) is 23.7 Å². The fraction of sp³-hybridized carbons (Fsp3) is 0.452. The van der Waals surface area contributed by atoms with Crippen LogP contribution in [0.4, 0.5) is 0 Å². The van der Waals surface area contributed by atoms with Crippen molar-refractivity contribution < 1.29 is 28.7 Å². The highest BCUT2D eigenvalue weighted by atomic mass is 35.5. The van der Waals surface area contributed by atoms with Crippen molar-refractivity contribution >= 4 is 41.1 Å². The number of hydrogen-bond donors (Lipinski definition) is 5. The number of hydrogen-bond acceptors (Lipinski definition) is 6. The van der Waals surface area contributed by atoms with E-state index in [4.69, 9.17) is 16.3 Å². The molecule has 5 N–H and O–H groups in total. The average molecular weight is 616 g/mol. The molecule has 2 rings (SSSR count). The summed E-state index contributed by atoms with van der Waals surface area (Å²) in [6.45, 7) is 5.75. The minimum Gasteiger partial charge on any atom is -0.497 e. The highest BCUT2D eigenvalue weighted by molar-refractivity contribution is 6.27. The number of carbonyl (C=O) groups excluding carboxylic acids is 5. The second kappa shape index (κ2) is 17.7. The van der Waals surface area contributed by atoms with E-state index in [9.17, 15) is 24.0 Å². The molecule has 0 heterocycles. The predicted octanol–water partition coefficient (Wildman–Crippen LogP) is 1.96. The van der Waals surface area contributed by atoms with Gasteiger partial charge in [-0.2, -0.15) is 0 Å². The summed E-state index contributed by atoms with van der Waals surface area (Å²) in [6, 6.07) is 14.4. The molecule has 0 saturated carbocycles. The Kier molecular flexibility index (Phi) is 14.5. The molecule has 12 heteroatoms. The summed E-state index contributed by atoms with van der Waals surface area (Å²) in [5, 5.41) is 13.6. The van der Waals surface area contributed by atoms with Crippen molar-refractivity contribution in [3.63, 3.8) is 0 Å². The maximum Gasteiger partial charge on any atom is 0.243 e. The van der Waals surface area contributed by atoms with Crippen molar-refractivity contribution in [2.45, 2.75) is 70.6 Å². The standard InChI is InChI=1S/C31H42ClN5O6/c1-31(2,3)37-27(39)14-13-24(35-26(38)15-16-33-28(40)19-32)30(42)36-25(18-21-9-6-5-7-10-21)29(41)34-20-22-11-8-12-23(17-22)43-4/h5-12,17,24-25H,13-16,18-20H2,1-4H3,(H,33,40)(H,34,41)(H,35,38)(H,36,42)(H,37,39)/t24-,25-/m0/s1. The fourth-order valence-electron chi connectivity index (χ4n) is 4.08. The number of nitrogens with one attached hydrogen (secondary N) is 5. The lowest BCUT2D eigenvalue weighted by atomic mass is 10.0. The summed E-state index contributed by atoms with van der Waals surface area (Å²) in [4.78, 5) is 63.4. The van der Waals surface area contributed by atoms with Gasteiger partial charge >= 0.3 is 0 Å². The molecule has 0 aliphatic rings. The topological polar surface area (TPSA) is 155 Å². The molecule has 0 aliphatic carbocycles. The van der Waals surface area contributed by atoms with Gasteiger partial charge in [0.05, 0.1) is 7.11 Å². The van der Waals surface area contributed by atoms with Crippen LogP contribution in [-0.2, 0) is 36.9 Å². The number of methoxy groups -OCH3 is 1. The van der Waals surface area contributed by atoms with Gasteiger partial charge in [0, 0.05) is 37.9 Å². The Bertz CT molecular complexity index is 1230. The number of benzene rings is 2. The third-order valence-electron chi connectivity index (χ3n) is 6.14. The van der Waals surface area contributed by atoms with E-state index in [1.54, 1.807) is 19.2 Å². The molecule has 0 bridgehead atoms. The third kappa shape index (κ3) is 14.1. The molecule has 43 heavy (non-hydrogen) atoms. The van der Waals surface area contributed by atoms with E-state index in [0.29, 0.717) is 5.75 Å². The zero-order chi connectivity index (χ0) is 31.8. The summed E-state index contributed by atoms with van der Waals surface area (Å²) in [7, 11) is 1.56. The molecule has 2 atom stereocenters. The van der Waals surface area contributed by atoms with Gasteiger partial charge in [-0.05, 0) is 50.5 Å². The molecule has 0 saturated heterocycles. The summed E-state index contributed by atoms with van der Waals surface area (Å²) < 4.78 is 5.25. The Labute approximate surface area is 257 Å². The maximum atomic E-state index is 13.5. The Morgan fingerprint density at radius 3 is 2.14 bits per heavy atom. The largest absolute Gasteiger partial charge is 0.497 e. The quantitative estimate of drug-likeness (QED) is 0.182. The molecule has 0 spiro atoms. The molecule has 5 amide bonds. The van der Waals surface area contributed by atoms with Gasteiger partial charge < -0.3 is 31.3 Å². The smallest absolute Gasteiger partial charge is 0.243 e. The van der Waals surface area contributed by atoms with Crippen LogP contribution in [0.5, 0.6) is 5.75 Å². The highest BCUT2D eigenvalue weighted by Crippen LogP contribution is 2.13. The van der Waals surface area contributed by atoms with E-state index in [2.05, 4.69) is 26.6 Å². The molecular formula is C31H42ClN5O6. The number of amides is 5. The minimum absolute atomic E-state index is 0.00296. The lowest BCUT2D eigenvalue weighted by molar-refractivity contribution is -0.133. The van der Waals surface area contributed by atoms with Crippen LogP contribution in [0.3, 0.4) is 0 Å². The first-order valence-electron chi connectivity index (χ1n) is 14.1. The number of carbonyl (C=O) groups is 5. The van der Waals surface area contributed by atoms with Crippen molar-refractivity contribution in [1.82, 2.24) is 26.6 Å². The lowest BCUT2D eigenvalue weighted by Crippen LogP contribution is -2.54. The van der Waals surface area contributed by atoms with Crippen LogP contribution < -0.4 is 31.3 Å². The second-order valence-corrected chi connectivity index (χ2v) is 11.3. The van der Waals surface area contributed by atoms with E-state index in [1.165, 1.54) is 0 Å². The van der Waals surface area contributed by atoms with E-state index < -0.39 is 41.3 Å². The molecule has 2 aromatic rings. The summed E-state index contributed by atoms with van der Waals surface area (Å²) in [6.07, 6.45) is 0.0578. The molecule has 0 fully saturated rings. The van der Waals surface area contributed by atoms with Gasteiger partial charge in [0.25, 0.3) is 0 Å². The van der Waals surface area contributed by atoms with E-state index in [0.717, 1.165) is 11.1 Å². The van der Waals surface area contributed by atoms with Crippen molar-refractivity contribution in [2.24, 2.45) is 0 Å². The predicted molar refractivity (Wildman–Crippen MR) is 164 cm³/mol. The van der Waals surface area contributed by atoms with Crippen LogP contribution in [0.25, 0.3) is 0 Å². The first kappa shape index (κ1) is 35.1. The normalized spacial score (nSPS) is 12.3. The van der Waals surface area contributed by atoms with Gasteiger partial charge in [-0.1, -0.05) is 42.5 Å². The number of alkyl halides is 1. The van der Waals surface area contributed by atoms with Gasteiger partial charge in [0.15, 0.2) is 0 Å². The molecule has 0 radical (unpaired) electrons. The Hall–Kier alpha value is -4.12. The first-order chi connectivity index (χ1) is 20.4. The first-order valence-corrected chi connectivity index (χ1v) is 14.6. The molecule has 0 unspecified atom stereocenters. The van der Waals surface area contributed by atoms with Crippen LogP contribution in [0.2, 0.25) is 0 Å². The monoisotopic (exact) mass is 615 g/mol. The summed E-state index contributed by atoms with van der Waals surface area (Å²) >= 11 is 5.47. The molecule has 11 nitrogen and oxygen atoms in total. The SMILES string of the molecule is COc1cccc(CNC(=O)[C@H](Cc2ccccc2)NC(=O)[C@H](CCC(=O)NC(C)(C)C)NC(=O)CCNC(=O)CCl)c1. The van der Waals surface area contributed by atoms with E-state index in [1.807, 2.05) is 63.2 Å². The molecule has 234 valence electrons.